The summed E-state index contributed by atoms with van der Waals surface area (Å²) < 4.78 is 10.6. The predicted molar refractivity (Wildman–Crippen MR) is 72.7 cm³/mol. The summed E-state index contributed by atoms with van der Waals surface area (Å²) >= 11 is 0. The highest BCUT2D eigenvalue weighted by molar-refractivity contribution is 5.67. The van der Waals surface area contributed by atoms with Gasteiger partial charge in [-0.2, -0.15) is 0 Å². The van der Waals surface area contributed by atoms with E-state index in [9.17, 15) is 4.79 Å². The molecule has 19 heavy (non-hydrogen) atoms. The molecule has 0 radical (unpaired) electrons. The van der Waals surface area contributed by atoms with Crippen LogP contribution in [0.15, 0.2) is 42.5 Å². The van der Waals surface area contributed by atoms with E-state index < -0.39 is 6.09 Å². The van der Waals surface area contributed by atoms with E-state index in [0.717, 1.165) is 5.56 Å². The number of hydrogen-bond acceptors (Lipinski definition) is 3. The zero-order valence-electron chi connectivity index (χ0n) is 11.0. The maximum Gasteiger partial charge on any atom is 0.407 e. The zero-order chi connectivity index (χ0) is 13.5. The smallest absolute Gasteiger partial charge is 0.407 e. The zero-order valence-corrected chi connectivity index (χ0v) is 11.0. The molecule has 0 saturated carbocycles. The van der Waals surface area contributed by atoms with Gasteiger partial charge in [0.25, 0.3) is 0 Å². The third kappa shape index (κ3) is 4.41. The number of amides is 1. The first-order valence-corrected chi connectivity index (χ1v) is 6.48. The summed E-state index contributed by atoms with van der Waals surface area (Å²) in [5, 5.41) is 2.75. The van der Waals surface area contributed by atoms with Crippen LogP contribution in [0.5, 0.6) is 0 Å². The summed E-state index contributed by atoms with van der Waals surface area (Å²) in [5.74, 6) is 0.239. The number of ether oxygens (including phenoxy) is 2. The number of nitrogens with one attached hydrogen (secondary N) is 1. The van der Waals surface area contributed by atoms with Crippen molar-refractivity contribution in [2.24, 2.45) is 5.92 Å². The molecule has 2 atom stereocenters. The number of benzene rings is 1. The highest BCUT2D eigenvalue weighted by Crippen LogP contribution is 2.13. The molecule has 2 rings (SSSR count). The third-order valence-corrected chi connectivity index (χ3v) is 3.05. The van der Waals surface area contributed by atoms with Crippen LogP contribution in [0.2, 0.25) is 0 Å². The lowest BCUT2D eigenvalue weighted by molar-refractivity contribution is 0.0842. The molecule has 1 N–H and O–H groups in total. The largest absolute Gasteiger partial charge is 0.445 e. The third-order valence-electron chi connectivity index (χ3n) is 3.05. The van der Waals surface area contributed by atoms with Gasteiger partial charge >= 0.3 is 6.09 Å². The Hall–Kier alpha value is -1.81. The molecule has 1 heterocycles. The van der Waals surface area contributed by atoms with E-state index >= 15 is 0 Å². The Morgan fingerprint density at radius 3 is 2.95 bits per heavy atom. The second-order valence-corrected chi connectivity index (χ2v) is 4.65. The van der Waals surface area contributed by atoms with E-state index in [1.807, 2.05) is 49.4 Å². The number of rotatable bonds is 5. The molecule has 0 fully saturated rings. The summed E-state index contributed by atoms with van der Waals surface area (Å²) in [6.45, 7) is 3.54. The van der Waals surface area contributed by atoms with Crippen LogP contribution in [0.1, 0.15) is 12.5 Å². The molecule has 0 saturated heterocycles. The Morgan fingerprint density at radius 2 is 2.26 bits per heavy atom. The molecule has 0 bridgehead atoms. The van der Waals surface area contributed by atoms with Gasteiger partial charge in [-0.05, 0) is 5.56 Å². The molecule has 1 aromatic carbocycles. The van der Waals surface area contributed by atoms with Crippen LogP contribution in [0.4, 0.5) is 4.79 Å². The van der Waals surface area contributed by atoms with Crippen molar-refractivity contribution in [1.82, 2.24) is 5.32 Å². The Kier molecular flexibility index (Phi) is 4.98. The van der Waals surface area contributed by atoms with Crippen LogP contribution in [-0.4, -0.2) is 25.3 Å². The molecule has 1 aliphatic heterocycles. The highest BCUT2D eigenvalue weighted by atomic mass is 16.5. The van der Waals surface area contributed by atoms with Gasteiger partial charge in [-0.15, -0.1) is 0 Å². The van der Waals surface area contributed by atoms with Gasteiger partial charge in [0.1, 0.15) is 6.61 Å². The number of carbonyl (C=O) groups is 1. The summed E-state index contributed by atoms with van der Waals surface area (Å²) in [6, 6.07) is 9.62. The summed E-state index contributed by atoms with van der Waals surface area (Å²) in [4.78, 5) is 11.5. The second-order valence-electron chi connectivity index (χ2n) is 4.65. The minimum Gasteiger partial charge on any atom is -0.445 e. The van der Waals surface area contributed by atoms with Gasteiger partial charge in [0.05, 0.1) is 12.7 Å². The first kappa shape index (κ1) is 13.6. The van der Waals surface area contributed by atoms with Gasteiger partial charge in [0.15, 0.2) is 0 Å². The maximum absolute atomic E-state index is 11.5. The standard InChI is InChI=1S/C15H19NO3/c1-12(14-8-5-9-18-14)10-16-15(17)19-11-13-6-3-2-4-7-13/h2-8,12,14H,9-11H2,1H3,(H,16,17)/t12-,14+/m1/s1. The lowest BCUT2D eigenvalue weighted by atomic mass is 10.1. The fraction of sp³-hybridized carbons (Fsp3) is 0.400. The van der Waals surface area contributed by atoms with Gasteiger partial charge in [0, 0.05) is 12.5 Å². The monoisotopic (exact) mass is 261 g/mol. The van der Waals surface area contributed by atoms with Crippen molar-refractivity contribution in [1.29, 1.82) is 0 Å². The summed E-state index contributed by atoms with van der Waals surface area (Å²) in [6.07, 6.45) is 3.73. The molecule has 1 aromatic rings. The normalized spacial score (nSPS) is 19.1. The molecule has 1 amide bonds. The molecule has 4 heteroatoms. The van der Waals surface area contributed by atoms with Gasteiger partial charge in [-0.1, -0.05) is 49.4 Å². The minimum atomic E-state index is -0.391. The number of alkyl carbamates (subject to hydrolysis) is 1. The van der Waals surface area contributed by atoms with E-state index in [1.54, 1.807) is 0 Å². The van der Waals surface area contributed by atoms with E-state index in [4.69, 9.17) is 9.47 Å². The first-order valence-electron chi connectivity index (χ1n) is 6.48. The Labute approximate surface area is 113 Å². The van der Waals surface area contributed by atoms with Crippen LogP contribution < -0.4 is 5.32 Å². The van der Waals surface area contributed by atoms with Gasteiger partial charge in [0.2, 0.25) is 0 Å². The Balaban J connectivity index is 1.65. The summed E-state index contributed by atoms with van der Waals surface area (Å²) in [7, 11) is 0. The molecule has 0 unspecified atom stereocenters. The van der Waals surface area contributed by atoms with E-state index in [1.165, 1.54) is 0 Å². The van der Waals surface area contributed by atoms with E-state index in [2.05, 4.69) is 5.32 Å². The average molecular weight is 261 g/mol. The van der Waals surface area contributed by atoms with Crippen molar-refractivity contribution in [2.75, 3.05) is 13.2 Å². The van der Waals surface area contributed by atoms with Crippen molar-refractivity contribution < 1.29 is 14.3 Å². The molecule has 0 spiro atoms. The molecule has 0 aromatic heterocycles. The maximum atomic E-state index is 11.5. The number of carbonyl (C=O) groups excluding carboxylic acids is 1. The Bertz CT molecular complexity index is 430. The van der Waals surface area contributed by atoms with E-state index in [-0.39, 0.29) is 12.0 Å². The molecular formula is C15H19NO3. The second kappa shape index (κ2) is 6.95. The van der Waals surface area contributed by atoms with Crippen molar-refractivity contribution in [2.45, 2.75) is 19.6 Å². The number of hydrogen-bond donors (Lipinski definition) is 1. The van der Waals surface area contributed by atoms with Crippen molar-refractivity contribution >= 4 is 6.09 Å². The molecule has 1 aliphatic rings. The molecule has 0 aliphatic carbocycles. The fourth-order valence-electron chi connectivity index (χ4n) is 1.90. The van der Waals surface area contributed by atoms with Crippen molar-refractivity contribution in [3.05, 3.63) is 48.0 Å². The van der Waals surface area contributed by atoms with Crippen molar-refractivity contribution in [3.8, 4) is 0 Å². The fourth-order valence-corrected chi connectivity index (χ4v) is 1.90. The topological polar surface area (TPSA) is 47.6 Å². The lowest BCUT2D eigenvalue weighted by Gasteiger charge is -2.17. The van der Waals surface area contributed by atoms with Crippen molar-refractivity contribution in [3.63, 3.8) is 0 Å². The average Bonchev–Trinajstić information content (AvgIpc) is 2.98. The quantitative estimate of drug-likeness (QED) is 0.828. The van der Waals surface area contributed by atoms with Crippen LogP contribution in [0, 0.1) is 5.92 Å². The SMILES string of the molecule is C[C@H](CNC(=O)OCc1ccccc1)[C@@H]1C=CCO1. The predicted octanol–water partition coefficient (Wildman–Crippen LogP) is 2.50. The van der Waals surface area contributed by atoms with Crippen LogP contribution >= 0.6 is 0 Å². The molecular weight excluding hydrogens is 242 g/mol. The van der Waals surface area contributed by atoms with Gasteiger partial charge in [-0.3, -0.25) is 0 Å². The minimum absolute atomic E-state index is 0.0921. The van der Waals surface area contributed by atoms with Crippen LogP contribution in [0.25, 0.3) is 0 Å². The lowest BCUT2D eigenvalue weighted by Crippen LogP contribution is -2.33. The highest BCUT2D eigenvalue weighted by Gasteiger charge is 2.18. The Morgan fingerprint density at radius 1 is 1.47 bits per heavy atom. The van der Waals surface area contributed by atoms with Gasteiger partial charge in [-0.25, -0.2) is 4.79 Å². The van der Waals surface area contributed by atoms with Gasteiger partial charge < -0.3 is 14.8 Å². The van der Waals surface area contributed by atoms with Crippen LogP contribution in [-0.2, 0) is 16.1 Å². The van der Waals surface area contributed by atoms with Crippen LogP contribution in [0.3, 0.4) is 0 Å². The first-order chi connectivity index (χ1) is 9.25. The molecule has 102 valence electrons. The summed E-state index contributed by atoms with van der Waals surface area (Å²) in [5.41, 5.74) is 0.979. The van der Waals surface area contributed by atoms with E-state index in [0.29, 0.717) is 19.8 Å². The molecule has 4 nitrogen and oxygen atoms in total.